The molecule has 0 atom stereocenters. The molecule has 0 radical (unpaired) electrons. The summed E-state index contributed by atoms with van der Waals surface area (Å²) in [7, 11) is 0. The van der Waals surface area contributed by atoms with Gasteiger partial charge in [-0.15, -0.1) is 0 Å². The summed E-state index contributed by atoms with van der Waals surface area (Å²) in [5, 5.41) is 0. The van der Waals surface area contributed by atoms with Crippen LogP contribution in [0, 0.1) is 0 Å². The molecule has 0 aromatic carbocycles. The first-order valence-electron chi connectivity index (χ1n) is 6.24. The van der Waals surface area contributed by atoms with E-state index in [0.717, 1.165) is 44.5 Å². The second-order valence-electron chi connectivity index (χ2n) is 5.55. The predicted octanol–water partition coefficient (Wildman–Crippen LogP) is 2.00. The maximum Gasteiger partial charge on any atom is 0.242 e. The molecule has 2 aliphatic heterocycles. The molecule has 1 amide bonds. The number of rotatable bonds is 2. The molecule has 2 heterocycles. The first kappa shape index (κ1) is 11.5. The molecule has 0 aliphatic carbocycles. The zero-order valence-corrected chi connectivity index (χ0v) is 10.5. The summed E-state index contributed by atoms with van der Waals surface area (Å²) < 4.78 is 0. The molecule has 3 heteroatoms. The summed E-state index contributed by atoms with van der Waals surface area (Å²) >= 11 is 0. The molecule has 0 aromatic rings. The highest BCUT2D eigenvalue weighted by atomic mass is 16.2. The van der Waals surface area contributed by atoms with Crippen molar-refractivity contribution in [1.82, 2.24) is 9.80 Å². The van der Waals surface area contributed by atoms with Crippen LogP contribution in [0.1, 0.15) is 39.5 Å². The van der Waals surface area contributed by atoms with Gasteiger partial charge in [0.25, 0.3) is 0 Å². The zero-order chi connectivity index (χ0) is 11.8. The van der Waals surface area contributed by atoms with Gasteiger partial charge in [-0.2, -0.15) is 0 Å². The smallest absolute Gasteiger partial charge is 0.242 e. The lowest BCUT2D eigenvalue weighted by molar-refractivity contribution is -0.131. The summed E-state index contributed by atoms with van der Waals surface area (Å²) in [5.74, 6) is 0.272. The highest BCUT2D eigenvalue weighted by Gasteiger charge is 2.35. The highest BCUT2D eigenvalue weighted by molar-refractivity contribution is 5.79. The number of amides is 1. The Bertz CT molecular complexity index is 303. The van der Waals surface area contributed by atoms with Crippen LogP contribution in [0.15, 0.2) is 12.3 Å². The van der Waals surface area contributed by atoms with Crippen molar-refractivity contribution in [3.63, 3.8) is 0 Å². The van der Waals surface area contributed by atoms with E-state index in [-0.39, 0.29) is 11.4 Å². The zero-order valence-electron chi connectivity index (χ0n) is 10.5. The molecule has 2 aliphatic rings. The van der Waals surface area contributed by atoms with Gasteiger partial charge in [0.15, 0.2) is 0 Å². The van der Waals surface area contributed by atoms with E-state index in [1.807, 2.05) is 4.90 Å². The van der Waals surface area contributed by atoms with Gasteiger partial charge in [0.05, 0.1) is 6.54 Å². The lowest BCUT2D eigenvalue weighted by atomic mass is 10.0. The summed E-state index contributed by atoms with van der Waals surface area (Å²) in [6, 6.07) is 0. The Balaban J connectivity index is 1.97. The van der Waals surface area contributed by atoms with Gasteiger partial charge in [-0.05, 0) is 39.5 Å². The minimum atomic E-state index is 0.104. The van der Waals surface area contributed by atoms with E-state index in [1.165, 1.54) is 0 Å². The average Bonchev–Trinajstić information content (AvgIpc) is 2.81. The maximum atomic E-state index is 12.1. The summed E-state index contributed by atoms with van der Waals surface area (Å²) in [6.45, 7) is 10.9. The Morgan fingerprint density at radius 1 is 1.38 bits per heavy atom. The minimum Gasteiger partial charge on any atom is -0.361 e. The molecule has 0 N–H and O–H groups in total. The second-order valence-corrected chi connectivity index (χ2v) is 5.55. The van der Waals surface area contributed by atoms with E-state index in [2.05, 4.69) is 25.3 Å². The van der Waals surface area contributed by atoms with Crippen LogP contribution in [0.2, 0.25) is 0 Å². The molecule has 16 heavy (non-hydrogen) atoms. The maximum absolute atomic E-state index is 12.1. The molecule has 3 nitrogen and oxygen atoms in total. The number of likely N-dealkylation sites (tertiary alicyclic amines) is 2. The lowest BCUT2D eigenvalue weighted by Gasteiger charge is -2.34. The van der Waals surface area contributed by atoms with E-state index in [4.69, 9.17) is 0 Å². The van der Waals surface area contributed by atoms with Crippen LogP contribution in [0.4, 0.5) is 0 Å². The first-order chi connectivity index (χ1) is 7.50. The van der Waals surface area contributed by atoms with Gasteiger partial charge in [-0.25, -0.2) is 0 Å². The third kappa shape index (κ3) is 2.08. The monoisotopic (exact) mass is 222 g/mol. The standard InChI is InChI=1S/C13H22N2O/c1-11-6-7-13(2,3)15(11)10-12(16)14-8-4-5-9-14/h1,4-10H2,2-3H3. The van der Waals surface area contributed by atoms with Gasteiger partial charge in [-0.1, -0.05) is 6.58 Å². The number of hydrogen-bond acceptors (Lipinski definition) is 2. The van der Waals surface area contributed by atoms with Crippen LogP contribution in [0.25, 0.3) is 0 Å². The van der Waals surface area contributed by atoms with Crippen LogP contribution in [-0.4, -0.2) is 40.9 Å². The molecule has 90 valence electrons. The van der Waals surface area contributed by atoms with Gasteiger partial charge in [0.2, 0.25) is 5.91 Å². The van der Waals surface area contributed by atoms with Crippen molar-refractivity contribution < 1.29 is 4.79 Å². The van der Waals surface area contributed by atoms with Gasteiger partial charge in [0.1, 0.15) is 0 Å². The molecular formula is C13H22N2O. The molecule has 0 saturated carbocycles. The van der Waals surface area contributed by atoms with Crippen molar-refractivity contribution in [3.05, 3.63) is 12.3 Å². The largest absolute Gasteiger partial charge is 0.361 e. The fourth-order valence-corrected chi connectivity index (χ4v) is 2.68. The number of hydrogen-bond donors (Lipinski definition) is 0. The Kier molecular flexibility index (Phi) is 2.96. The molecule has 2 fully saturated rings. The number of carbonyl (C=O) groups excluding carboxylic acids is 1. The number of carbonyl (C=O) groups is 1. The third-order valence-corrected chi connectivity index (χ3v) is 3.89. The van der Waals surface area contributed by atoms with E-state index in [1.54, 1.807) is 0 Å². The first-order valence-corrected chi connectivity index (χ1v) is 6.24. The normalized spacial score (nSPS) is 24.2. The molecule has 0 aromatic heterocycles. The van der Waals surface area contributed by atoms with Crippen LogP contribution in [0.5, 0.6) is 0 Å². The van der Waals surface area contributed by atoms with Crippen molar-refractivity contribution in [3.8, 4) is 0 Å². The van der Waals surface area contributed by atoms with E-state index >= 15 is 0 Å². The fourth-order valence-electron chi connectivity index (χ4n) is 2.68. The van der Waals surface area contributed by atoms with Gasteiger partial charge < -0.3 is 9.80 Å². The van der Waals surface area contributed by atoms with Crippen LogP contribution < -0.4 is 0 Å². The van der Waals surface area contributed by atoms with Crippen molar-refractivity contribution in [1.29, 1.82) is 0 Å². The van der Waals surface area contributed by atoms with Gasteiger partial charge >= 0.3 is 0 Å². The van der Waals surface area contributed by atoms with E-state index in [0.29, 0.717) is 6.54 Å². The van der Waals surface area contributed by atoms with Crippen molar-refractivity contribution in [2.75, 3.05) is 19.6 Å². The van der Waals surface area contributed by atoms with Crippen molar-refractivity contribution in [2.45, 2.75) is 45.1 Å². The number of nitrogens with zero attached hydrogens (tertiary/aromatic N) is 2. The molecule has 0 unspecified atom stereocenters. The lowest BCUT2D eigenvalue weighted by Crippen LogP contribution is -2.44. The van der Waals surface area contributed by atoms with Gasteiger partial charge in [-0.3, -0.25) is 4.79 Å². The second kappa shape index (κ2) is 4.11. The summed E-state index contributed by atoms with van der Waals surface area (Å²) in [4.78, 5) is 16.3. The van der Waals surface area contributed by atoms with Crippen LogP contribution in [0.3, 0.4) is 0 Å². The summed E-state index contributed by atoms with van der Waals surface area (Å²) in [6.07, 6.45) is 4.46. The Morgan fingerprint density at radius 3 is 2.50 bits per heavy atom. The third-order valence-electron chi connectivity index (χ3n) is 3.89. The quantitative estimate of drug-likeness (QED) is 0.713. The van der Waals surface area contributed by atoms with Crippen LogP contribution >= 0.6 is 0 Å². The van der Waals surface area contributed by atoms with Crippen LogP contribution in [-0.2, 0) is 4.79 Å². The molecular weight excluding hydrogens is 200 g/mol. The molecule has 2 rings (SSSR count). The Morgan fingerprint density at radius 2 is 2.00 bits per heavy atom. The Labute approximate surface area is 98.1 Å². The minimum absolute atomic E-state index is 0.104. The Hall–Kier alpha value is -0.990. The topological polar surface area (TPSA) is 23.6 Å². The van der Waals surface area contributed by atoms with Gasteiger partial charge in [0, 0.05) is 24.3 Å². The van der Waals surface area contributed by atoms with E-state index < -0.39 is 0 Å². The highest BCUT2D eigenvalue weighted by Crippen LogP contribution is 2.34. The SMILES string of the molecule is C=C1CCC(C)(C)N1CC(=O)N1CCCC1. The molecule has 2 saturated heterocycles. The van der Waals surface area contributed by atoms with Crippen molar-refractivity contribution >= 4 is 5.91 Å². The molecule has 0 spiro atoms. The van der Waals surface area contributed by atoms with Crippen molar-refractivity contribution in [2.24, 2.45) is 0 Å². The number of allylic oxidation sites excluding steroid dienone is 1. The summed E-state index contributed by atoms with van der Waals surface area (Å²) in [5.41, 5.74) is 1.23. The predicted molar refractivity (Wildman–Crippen MR) is 65.0 cm³/mol. The average molecular weight is 222 g/mol. The van der Waals surface area contributed by atoms with E-state index in [9.17, 15) is 4.79 Å². The molecule has 0 bridgehead atoms. The fraction of sp³-hybridized carbons (Fsp3) is 0.769.